The minimum Gasteiger partial charge on any atom is -0.493 e. The number of nitro groups is 1. The first-order valence-corrected chi connectivity index (χ1v) is 13.3. The zero-order valence-corrected chi connectivity index (χ0v) is 24.0. The molecule has 0 saturated heterocycles. The number of aromatic nitrogens is 2. The van der Waals surface area contributed by atoms with Crippen LogP contribution in [-0.4, -0.2) is 27.9 Å². The number of methoxy groups -OCH3 is 1. The molecule has 38 heavy (non-hydrogen) atoms. The number of rotatable bonds is 9. The Morgan fingerprint density at radius 2 is 1.95 bits per heavy atom. The lowest BCUT2D eigenvalue weighted by Gasteiger charge is -2.15. The van der Waals surface area contributed by atoms with E-state index >= 15 is 0 Å². The molecule has 9 nitrogen and oxygen atoms in total. The predicted molar refractivity (Wildman–Crippen MR) is 154 cm³/mol. The van der Waals surface area contributed by atoms with Gasteiger partial charge in [0.25, 0.3) is 11.2 Å². The maximum absolute atomic E-state index is 13.5. The van der Waals surface area contributed by atoms with E-state index in [-0.39, 0.29) is 23.8 Å². The first-order chi connectivity index (χ1) is 18.2. The molecule has 0 saturated carbocycles. The Bertz CT molecular complexity index is 1600. The highest BCUT2D eigenvalue weighted by Gasteiger charge is 2.17. The van der Waals surface area contributed by atoms with Crippen molar-refractivity contribution in [2.24, 2.45) is 5.10 Å². The van der Waals surface area contributed by atoms with Gasteiger partial charge < -0.3 is 9.47 Å². The summed E-state index contributed by atoms with van der Waals surface area (Å²) in [6, 6.07) is 15.1. The maximum Gasteiger partial charge on any atom is 0.282 e. The van der Waals surface area contributed by atoms with Crippen molar-refractivity contribution >= 4 is 54.7 Å². The molecular weight excluding hydrogens is 620 g/mol. The second-order valence-electron chi connectivity index (χ2n) is 8.54. The number of non-ortho nitro benzene ring substituents is 1. The summed E-state index contributed by atoms with van der Waals surface area (Å²) in [6.45, 7) is 4.08. The van der Waals surface area contributed by atoms with Gasteiger partial charge in [-0.25, -0.2) is 4.98 Å². The summed E-state index contributed by atoms with van der Waals surface area (Å²) in [5.74, 6) is 1.33. The molecule has 0 aliphatic carbocycles. The van der Waals surface area contributed by atoms with Crippen LogP contribution >= 0.6 is 31.9 Å². The molecule has 1 heterocycles. The van der Waals surface area contributed by atoms with Crippen molar-refractivity contribution < 1.29 is 14.4 Å². The molecule has 11 heteroatoms. The summed E-state index contributed by atoms with van der Waals surface area (Å²) in [6.07, 6.45) is 2.29. The highest BCUT2D eigenvalue weighted by molar-refractivity contribution is 9.10. The molecular formula is C27H24Br2N4O5. The lowest BCUT2D eigenvalue weighted by Crippen LogP contribution is -2.23. The van der Waals surface area contributed by atoms with E-state index in [2.05, 4.69) is 37.0 Å². The number of nitrogens with zero attached hydrogens (tertiary/aromatic N) is 4. The van der Waals surface area contributed by atoms with Gasteiger partial charge in [0.05, 0.1) is 29.2 Å². The molecule has 0 aliphatic heterocycles. The van der Waals surface area contributed by atoms with Gasteiger partial charge >= 0.3 is 0 Å². The van der Waals surface area contributed by atoms with E-state index in [9.17, 15) is 14.9 Å². The number of hydrogen-bond donors (Lipinski definition) is 0. The van der Waals surface area contributed by atoms with Gasteiger partial charge in [-0.2, -0.15) is 9.78 Å². The van der Waals surface area contributed by atoms with Crippen molar-refractivity contribution in [3.8, 4) is 11.5 Å². The zero-order valence-electron chi connectivity index (χ0n) is 20.9. The van der Waals surface area contributed by atoms with Crippen molar-refractivity contribution in [2.75, 3.05) is 7.11 Å². The van der Waals surface area contributed by atoms with Gasteiger partial charge in [-0.1, -0.05) is 57.8 Å². The normalized spacial score (nSPS) is 12.1. The molecule has 196 valence electrons. The van der Waals surface area contributed by atoms with Gasteiger partial charge in [0, 0.05) is 32.6 Å². The average Bonchev–Trinajstić information content (AvgIpc) is 2.91. The molecule has 4 rings (SSSR count). The number of hydrogen-bond acceptors (Lipinski definition) is 7. The topological polar surface area (TPSA) is 109 Å². The van der Waals surface area contributed by atoms with Crippen molar-refractivity contribution in [1.82, 2.24) is 9.66 Å². The smallest absolute Gasteiger partial charge is 0.282 e. The number of fused-ring (bicyclic) bond motifs is 1. The van der Waals surface area contributed by atoms with E-state index in [0.717, 1.165) is 10.9 Å². The highest BCUT2D eigenvalue weighted by atomic mass is 79.9. The zero-order chi connectivity index (χ0) is 27.4. The summed E-state index contributed by atoms with van der Waals surface area (Å²) < 4.78 is 14.4. The van der Waals surface area contributed by atoms with Crippen LogP contribution in [0.3, 0.4) is 0 Å². The third kappa shape index (κ3) is 5.94. The van der Waals surface area contributed by atoms with Crippen LogP contribution in [0.15, 0.2) is 73.4 Å². The SMILES string of the molecule is CC[C@H](C)c1nc2ccc(Br)cc2c(=O)n1N=Cc1cc(Br)cc(OC)c1OCc1cccc([N+](=O)[O-])c1. The third-order valence-electron chi connectivity index (χ3n) is 5.97. The average molecular weight is 644 g/mol. The monoisotopic (exact) mass is 642 g/mol. The van der Waals surface area contributed by atoms with Gasteiger partial charge in [0.2, 0.25) is 0 Å². The minimum atomic E-state index is -0.454. The van der Waals surface area contributed by atoms with Crippen molar-refractivity contribution in [3.63, 3.8) is 0 Å². The van der Waals surface area contributed by atoms with E-state index in [4.69, 9.17) is 14.5 Å². The second-order valence-corrected chi connectivity index (χ2v) is 10.4. The van der Waals surface area contributed by atoms with Crippen LogP contribution in [0.25, 0.3) is 10.9 Å². The summed E-state index contributed by atoms with van der Waals surface area (Å²) in [7, 11) is 1.51. The van der Waals surface area contributed by atoms with Gasteiger partial charge in [-0.15, -0.1) is 0 Å². The molecule has 0 N–H and O–H groups in total. The molecule has 4 aromatic rings. The number of nitro benzene ring substituents is 1. The molecule has 1 atom stereocenters. The Morgan fingerprint density at radius 3 is 2.66 bits per heavy atom. The largest absolute Gasteiger partial charge is 0.493 e. The molecule has 0 bridgehead atoms. The quantitative estimate of drug-likeness (QED) is 0.113. The van der Waals surface area contributed by atoms with Gasteiger partial charge in [0.15, 0.2) is 11.5 Å². The van der Waals surface area contributed by atoms with Crippen LogP contribution < -0.4 is 15.0 Å². The standard InChI is InChI=1S/C27H24Br2N4O5/c1-4-16(2)26-31-23-9-8-19(28)12-22(23)27(34)32(26)30-14-18-11-20(29)13-24(37-3)25(18)38-15-17-6-5-7-21(10-17)33(35)36/h5-14,16H,4,15H2,1-3H3/t16-/m0/s1. The fourth-order valence-electron chi connectivity index (χ4n) is 3.81. The molecule has 0 fully saturated rings. The molecule has 0 aliphatic rings. The molecule has 3 aromatic carbocycles. The Balaban J connectivity index is 1.79. The van der Waals surface area contributed by atoms with Crippen molar-refractivity contribution in [3.05, 3.63) is 101 Å². The molecule has 0 amide bonds. The van der Waals surface area contributed by atoms with Gasteiger partial charge in [-0.05, 0) is 42.3 Å². The summed E-state index contributed by atoms with van der Waals surface area (Å²) >= 11 is 6.90. The molecule has 0 unspecified atom stereocenters. The molecule has 0 radical (unpaired) electrons. The summed E-state index contributed by atoms with van der Waals surface area (Å²) in [5.41, 5.74) is 1.45. The van der Waals surface area contributed by atoms with E-state index < -0.39 is 4.92 Å². The van der Waals surface area contributed by atoms with E-state index in [1.54, 1.807) is 36.4 Å². The van der Waals surface area contributed by atoms with Gasteiger partial charge in [0.1, 0.15) is 12.4 Å². The minimum absolute atomic E-state index is 0.0189. The molecule has 0 spiro atoms. The van der Waals surface area contributed by atoms with E-state index in [1.165, 1.54) is 30.1 Å². The van der Waals surface area contributed by atoms with Crippen LogP contribution in [-0.2, 0) is 6.61 Å². The Hall–Kier alpha value is -3.57. The Kier molecular flexibility index (Phi) is 8.58. The highest BCUT2D eigenvalue weighted by Crippen LogP contribution is 2.35. The fourth-order valence-corrected chi connectivity index (χ4v) is 4.62. The van der Waals surface area contributed by atoms with Crippen molar-refractivity contribution in [2.45, 2.75) is 32.8 Å². The number of halogens is 2. The summed E-state index contributed by atoms with van der Waals surface area (Å²) in [5, 5.41) is 16.1. The first kappa shape index (κ1) is 27.5. The second kappa shape index (κ2) is 11.9. The number of ether oxygens (including phenoxy) is 2. The van der Waals surface area contributed by atoms with Crippen LogP contribution in [0, 0.1) is 10.1 Å². The summed E-state index contributed by atoms with van der Waals surface area (Å²) in [4.78, 5) is 28.9. The fraction of sp³-hybridized carbons (Fsp3) is 0.222. The van der Waals surface area contributed by atoms with Crippen LogP contribution in [0.2, 0.25) is 0 Å². The first-order valence-electron chi connectivity index (χ1n) is 11.7. The van der Waals surface area contributed by atoms with Crippen LogP contribution in [0.1, 0.15) is 43.1 Å². The Labute approximate surface area is 235 Å². The predicted octanol–water partition coefficient (Wildman–Crippen LogP) is 6.81. The third-order valence-corrected chi connectivity index (χ3v) is 6.92. The van der Waals surface area contributed by atoms with Crippen LogP contribution in [0.4, 0.5) is 5.69 Å². The maximum atomic E-state index is 13.5. The van der Waals surface area contributed by atoms with E-state index in [0.29, 0.717) is 43.8 Å². The lowest BCUT2D eigenvalue weighted by molar-refractivity contribution is -0.384. The number of benzene rings is 3. The van der Waals surface area contributed by atoms with Gasteiger partial charge in [-0.3, -0.25) is 14.9 Å². The Morgan fingerprint density at radius 1 is 1.16 bits per heavy atom. The lowest BCUT2D eigenvalue weighted by atomic mass is 10.1. The van der Waals surface area contributed by atoms with E-state index in [1.807, 2.05) is 19.9 Å². The van der Waals surface area contributed by atoms with Crippen LogP contribution in [0.5, 0.6) is 11.5 Å². The molecule has 1 aromatic heterocycles. The van der Waals surface area contributed by atoms with Crippen molar-refractivity contribution in [1.29, 1.82) is 0 Å².